The minimum atomic E-state index is -0.277. The number of hydrogen-bond donors (Lipinski definition) is 0. The molecule has 1 amide bonds. The van der Waals surface area contributed by atoms with Gasteiger partial charge in [0.25, 0.3) is 5.91 Å². The summed E-state index contributed by atoms with van der Waals surface area (Å²) in [7, 11) is 0. The highest BCUT2D eigenvalue weighted by Gasteiger charge is 2.37. The average molecular weight is 279 g/mol. The van der Waals surface area contributed by atoms with Crippen LogP contribution < -0.4 is 5.43 Å². The molecular formula is C17H13NO3. The maximum absolute atomic E-state index is 12.6. The van der Waals surface area contributed by atoms with E-state index in [4.69, 9.17) is 4.42 Å². The Morgan fingerprint density at radius 2 is 2.05 bits per heavy atom. The fourth-order valence-electron chi connectivity index (χ4n) is 3.14. The van der Waals surface area contributed by atoms with Gasteiger partial charge >= 0.3 is 0 Å². The summed E-state index contributed by atoms with van der Waals surface area (Å²) < 4.78 is 5.64. The fourth-order valence-corrected chi connectivity index (χ4v) is 3.14. The molecule has 0 N–H and O–H groups in total. The largest absolute Gasteiger partial charge is 0.465 e. The Kier molecular flexibility index (Phi) is 2.42. The van der Waals surface area contributed by atoms with Crippen LogP contribution >= 0.6 is 0 Å². The van der Waals surface area contributed by atoms with Crippen LogP contribution in [-0.2, 0) is 6.42 Å². The predicted molar refractivity (Wildman–Crippen MR) is 77.8 cm³/mol. The Balaban J connectivity index is 1.92. The monoisotopic (exact) mass is 279 g/mol. The molecule has 0 radical (unpaired) electrons. The highest BCUT2D eigenvalue weighted by molar-refractivity contribution is 5.97. The smallest absolute Gasteiger partial charge is 0.265 e. The third-order valence-corrected chi connectivity index (χ3v) is 4.08. The zero-order valence-electron chi connectivity index (χ0n) is 11.5. The standard InChI is InChI=1S/C17H13NO3/c1-10-8-14(19)16-15(21-10)9-13-12-5-3-2-4-11(12)6-7-18(13)17(16)20/h2-8,13H,9H2,1H3. The molecule has 0 aliphatic carbocycles. The van der Waals surface area contributed by atoms with Crippen LogP contribution in [0.25, 0.3) is 6.08 Å². The highest BCUT2D eigenvalue weighted by atomic mass is 16.3. The summed E-state index contributed by atoms with van der Waals surface area (Å²) >= 11 is 0. The molecule has 21 heavy (non-hydrogen) atoms. The molecule has 4 rings (SSSR count). The third-order valence-electron chi connectivity index (χ3n) is 4.08. The van der Waals surface area contributed by atoms with Gasteiger partial charge in [0.2, 0.25) is 0 Å². The summed E-state index contributed by atoms with van der Waals surface area (Å²) in [6, 6.07) is 9.25. The molecule has 4 nitrogen and oxygen atoms in total. The predicted octanol–water partition coefficient (Wildman–Crippen LogP) is 2.67. The number of carbonyl (C=O) groups excluding carboxylic acids is 1. The van der Waals surface area contributed by atoms with Gasteiger partial charge in [-0.3, -0.25) is 9.59 Å². The van der Waals surface area contributed by atoms with Crippen LogP contribution in [0.15, 0.2) is 45.7 Å². The van der Waals surface area contributed by atoms with Crippen LogP contribution in [0, 0.1) is 6.92 Å². The fraction of sp³-hybridized carbons (Fsp3) is 0.176. The van der Waals surface area contributed by atoms with E-state index in [9.17, 15) is 9.59 Å². The summed E-state index contributed by atoms with van der Waals surface area (Å²) in [5.74, 6) is 0.761. The van der Waals surface area contributed by atoms with E-state index in [0.29, 0.717) is 17.9 Å². The van der Waals surface area contributed by atoms with Crippen molar-refractivity contribution in [3.8, 4) is 0 Å². The maximum atomic E-state index is 12.6. The highest BCUT2D eigenvalue weighted by Crippen LogP contribution is 2.37. The molecule has 3 heterocycles. The van der Waals surface area contributed by atoms with Crippen LogP contribution in [-0.4, -0.2) is 10.8 Å². The second-order valence-electron chi connectivity index (χ2n) is 5.40. The summed E-state index contributed by atoms with van der Waals surface area (Å²) in [6.45, 7) is 1.73. The number of rotatable bonds is 0. The lowest BCUT2D eigenvalue weighted by atomic mass is 9.88. The Hall–Kier alpha value is -2.62. The van der Waals surface area contributed by atoms with Gasteiger partial charge in [0, 0.05) is 18.7 Å². The second kappa shape index (κ2) is 4.19. The molecule has 1 aromatic heterocycles. The minimum absolute atomic E-state index is 0.101. The van der Waals surface area contributed by atoms with E-state index in [0.717, 1.165) is 11.1 Å². The van der Waals surface area contributed by atoms with Gasteiger partial charge in [-0.15, -0.1) is 0 Å². The van der Waals surface area contributed by atoms with Crippen LogP contribution in [0.3, 0.4) is 0 Å². The third kappa shape index (κ3) is 1.69. The lowest BCUT2D eigenvalue weighted by molar-refractivity contribution is 0.0725. The first-order valence-electron chi connectivity index (χ1n) is 6.88. The molecule has 2 aromatic rings. The molecule has 0 fully saturated rings. The van der Waals surface area contributed by atoms with E-state index in [1.165, 1.54) is 6.07 Å². The number of benzene rings is 1. The topological polar surface area (TPSA) is 50.5 Å². The molecular weight excluding hydrogens is 266 g/mol. The summed E-state index contributed by atoms with van der Waals surface area (Å²) in [5, 5.41) is 0. The molecule has 0 saturated carbocycles. The van der Waals surface area contributed by atoms with Gasteiger partial charge < -0.3 is 9.32 Å². The van der Waals surface area contributed by atoms with Crippen molar-refractivity contribution in [2.75, 3.05) is 0 Å². The summed E-state index contributed by atoms with van der Waals surface area (Å²) in [6.07, 6.45) is 4.20. The van der Waals surface area contributed by atoms with E-state index in [2.05, 4.69) is 0 Å². The van der Waals surface area contributed by atoms with Crippen molar-refractivity contribution in [3.05, 3.63) is 75.0 Å². The Morgan fingerprint density at radius 1 is 1.24 bits per heavy atom. The van der Waals surface area contributed by atoms with Crippen LogP contribution in [0.5, 0.6) is 0 Å². The Morgan fingerprint density at radius 3 is 2.90 bits per heavy atom. The van der Waals surface area contributed by atoms with E-state index in [-0.39, 0.29) is 22.9 Å². The lowest BCUT2D eigenvalue weighted by Crippen LogP contribution is -2.41. The normalized spacial score (nSPS) is 19.0. The van der Waals surface area contributed by atoms with E-state index in [1.54, 1.807) is 18.0 Å². The molecule has 4 heteroatoms. The minimum Gasteiger partial charge on any atom is -0.465 e. The molecule has 0 spiro atoms. The summed E-state index contributed by atoms with van der Waals surface area (Å²) in [5.41, 5.74) is 2.10. The Labute approximate surface area is 121 Å². The lowest BCUT2D eigenvalue weighted by Gasteiger charge is -2.36. The average Bonchev–Trinajstić information content (AvgIpc) is 2.46. The van der Waals surface area contributed by atoms with Crippen LogP contribution in [0.1, 0.15) is 39.0 Å². The van der Waals surface area contributed by atoms with Crippen molar-refractivity contribution in [1.29, 1.82) is 0 Å². The molecule has 0 saturated heterocycles. The van der Waals surface area contributed by atoms with Crippen molar-refractivity contribution in [2.24, 2.45) is 0 Å². The number of aryl methyl sites for hydroxylation is 1. The van der Waals surface area contributed by atoms with Gasteiger partial charge in [-0.2, -0.15) is 0 Å². The van der Waals surface area contributed by atoms with E-state index >= 15 is 0 Å². The first-order valence-corrected chi connectivity index (χ1v) is 6.88. The van der Waals surface area contributed by atoms with Gasteiger partial charge in [0.15, 0.2) is 5.43 Å². The molecule has 1 aromatic carbocycles. The van der Waals surface area contributed by atoms with Gasteiger partial charge in [-0.25, -0.2) is 0 Å². The quantitative estimate of drug-likeness (QED) is 0.745. The second-order valence-corrected chi connectivity index (χ2v) is 5.40. The molecule has 0 bridgehead atoms. The Bertz CT molecular complexity index is 847. The number of amides is 1. The first-order chi connectivity index (χ1) is 10.1. The maximum Gasteiger partial charge on any atom is 0.265 e. The van der Waals surface area contributed by atoms with Crippen LogP contribution in [0.4, 0.5) is 0 Å². The number of hydrogen-bond acceptors (Lipinski definition) is 3. The van der Waals surface area contributed by atoms with Gasteiger partial charge in [0.1, 0.15) is 17.1 Å². The van der Waals surface area contributed by atoms with E-state index < -0.39 is 0 Å². The first kappa shape index (κ1) is 12.1. The van der Waals surface area contributed by atoms with E-state index in [1.807, 2.05) is 30.3 Å². The zero-order chi connectivity index (χ0) is 14.6. The number of carbonyl (C=O) groups is 1. The molecule has 1 unspecified atom stereocenters. The van der Waals surface area contributed by atoms with Gasteiger partial charge in [-0.05, 0) is 24.1 Å². The zero-order valence-corrected chi connectivity index (χ0v) is 11.5. The molecule has 104 valence electrons. The van der Waals surface area contributed by atoms with Gasteiger partial charge in [0.05, 0.1) is 6.04 Å². The SMILES string of the molecule is Cc1cc(=O)c2c(o1)CC1c3ccccc3C=CN1C2=O. The van der Waals surface area contributed by atoms with Crippen LogP contribution in [0.2, 0.25) is 0 Å². The van der Waals surface area contributed by atoms with Crippen molar-refractivity contribution in [1.82, 2.24) is 4.90 Å². The number of fused-ring (bicyclic) bond motifs is 4. The van der Waals surface area contributed by atoms with Crippen molar-refractivity contribution >= 4 is 12.0 Å². The van der Waals surface area contributed by atoms with Gasteiger partial charge in [-0.1, -0.05) is 24.3 Å². The molecule has 1 atom stereocenters. The van der Waals surface area contributed by atoms with Crippen molar-refractivity contribution < 1.29 is 9.21 Å². The molecule has 2 aliphatic rings. The molecule has 2 aliphatic heterocycles. The number of nitrogens with zero attached hydrogens (tertiary/aromatic N) is 1. The van der Waals surface area contributed by atoms with Crippen molar-refractivity contribution in [2.45, 2.75) is 19.4 Å². The van der Waals surface area contributed by atoms with Crippen molar-refractivity contribution in [3.63, 3.8) is 0 Å². The summed E-state index contributed by atoms with van der Waals surface area (Å²) in [4.78, 5) is 26.3.